The molecule has 4 aliphatic rings. The first-order valence-electron chi connectivity index (χ1n) is 15.5. The molecule has 0 radical (unpaired) electrons. The number of anilines is 1. The molecule has 4 nitrogen and oxygen atoms in total. The van der Waals surface area contributed by atoms with Gasteiger partial charge in [-0.15, -0.1) is 0 Å². The Morgan fingerprint density at radius 2 is 1.87 bits per heavy atom. The summed E-state index contributed by atoms with van der Waals surface area (Å²) in [5, 5.41) is 10.1. The molecular formula is C34H51NO3. The van der Waals surface area contributed by atoms with Crippen LogP contribution in [-0.2, 0) is 4.74 Å². The van der Waals surface area contributed by atoms with Crippen molar-refractivity contribution in [3.63, 3.8) is 0 Å². The summed E-state index contributed by atoms with van der Waals surface area (Å²) in [4.78, 5) is 12.8. The molecule has 4 unspecified atom stereocenters. The Morgan fingerprint density at radius 3 is 2.63 bits per heavy atom. The number of phenolic OH excluding ortho intramolecular Hbond substituents is 1. The molecule has 0 aliphatic heterocycles. The maximum Gasteiger partial charge on any atom is 0.342 e. The van der Waals surface area contributed by atoms with E-state index in [0.717, 1.165) is 54.8 Å². The molecule has 0 aromatic heterocycles. The number of fused-ring (bicyclic) bond motifs is 5. The first kappa shape index (κ1) is 27.6. The summed E-state index contributed by atoms with van der Waals surface area (Å²) in [5.74, 6) is 4.42. The fraction of sp³-hybridized carbons (Fsp3) is 0.735. The largest absolute Gasteiger partial charge is 0.507 e. The minimum atomic E-state index is -0.467. The number of esters is 1. The van der Waals surface area contributed by atoms with Crippen molar-refractivity contribution in [2.45, 2.75) is 111 Å². The van der Waals surface area contributed by atoms with Gasteiger partial charge in [-0.2, -0.15) is 0 Å². The van der Waals surface area contributed by atoms with Crippen LogP contribution >= 0.6 is 0 Å². The van der Waals surface area contributed by atoms with Crippen molar-refractivity contribution >= 4 is 11.7 Å². The van der Waals surface area contributed by atoms with Crippen LogP contribution in [0.15, 0.2) is 29.8 Å². The summed E-state index contributed by atoms with van der Waals surface area (Å²) in [5.41, 5.74) is 8.71. The highest BCUT2D eigenvalue weighted by molar-refractivity contribution is 5.93. The molecule has 3 saturated carbocycles. The second-order valence-electron chi connectivity index (χ2n) is 14.3. The smallest absolute Gasteiger partial charge is 0.342 e. The molecule has 0 saturated heterocycles. The molecule has 210 valence electrons. The van der Waals surface area contributed by atoms with Crippen LogP contribution in [0.4, 0.5) is 5.69 Å². The van der Waals surface area contributed by atoms with Gasteiger partial charge in [0.25, 0.3) is 0 Å². The summed E-state index contributed by atoms with van der Waals surface area (Å²) >= 11 is 0. The number of allylic oxidation sites excluding steroid dienone is 1. The zero-order chi connectivity index (χ0) is 27.2. The van der Waals surface area contributed by atoms with Crippen molar-refractivity contribution in [3.8, 4) is 5.75 Å². The third-order valence-corrected chi connectivity index (χ3v) is 11.8. The van der Waals surface area contributed by atoms with E-state index in [1.54, 1.807) is 6.07 Å². The molecule has 0 heterocycles. The number of hydrogen-bond donors (Lipinski definition) is 2. The van der Waals surface area contributed by atoms with E-state index in [0.29, 0.717) is 11.1 Å². The van der Waals surface area contributed by atoms with Gasteiger partial charge in [0.05, 0.1) is 0 Å². The number of carbonyl (C=O) groups excluding carboxylic acids is 1. The highest BCUT2D eigenvalue weighted by atomic mass is 16.5. The van der Waals surface area contributed by atoms with Crippen LogP contribution in [-0.4, -0.2) is 17.2 Å². The minimum Gasteiger partial charge on any atom is -0.507 e. The van der Waals surface area contributed by atoms with Crippen LogP contribution in [0.1, 0.15) is 116 Å². The van der Waals surface area contributed by atoms with E-state index in [1.807, 2.05) is 0 Å². The number of phenols is 1. The summed E-state index contributed by atoms with van der Waals surface area (Å²) < 4.78 is 5.92. The monoisotopic (exact) mass is 521 g/mol. The van der Waals surface area contributed by atoms with Crippen LogP contribution < -0.4 is 5.73 Å². The van der Waals surface area contributed by atoms with Gasteiger partial charge in [-0.25, -0.2) is 4.79 Å². The Kier molecular flexibility index (Phi) is 7.66. The summed E-state index contributed by atoms with van der Waals surface area (Å²) in [6.07, 6.45) is 16.1. The standard InChI is InChI=1S/C34H51NO3/c1-21(2)7-6-8-22(3)28-12-13-29-26-11-9-23-19-25(38-32(37)27-20-24(35)10-14-31(27)36)15-17-33(23,4)30(26)16-18-34(28,29)5/h9-10,14,20-22,25-26,28-30,36H,6-8,11-13,15-19,35H2,1-5H3/t22-,25?,26?,28-,29?,30?,33+,34-/m1/s1. The molecule has 3 fully saturated rings. The molecule has 0 amide bonds. The average molecular weight is 522 g/mol. The maximum absolute atomic E-state index is 12.8. The van der Waals surface area contributed by atoms with Crippen molar-refractivity contribution in [2.75, 3.05) is 5.73 Å². The molecule has 38 heavy (non-hydrogen) atoms. The lowest BCUT2D eigenvalue weighted by Crippen LogP contribution is -2.51. The minimum absolute atomic E-state index is 0.0704. The second kappa shape index (κ2) is 10.5. The number of aromatic hydroxyl groups is 1. The van der Waals surface area contributed by atoms with Gasteiger partial charge in [0.15, 0.2) is 0 Å². The molecule has 4 heteroatoms. The van der Waals surface area contributed by atoms with E-state index in [1.165, 1.54) is 69.1 Å². The number of ether oxygens (including phenoxy) is 1. The predicted octanol–water partition coefficient (Wildman–Crippen LogP) is 8.54. The number of benzene rings is 1. The topological polar surface area (TPSA) is 72.5 Å². The third kappa shape index (κ3) is 4.90. The van der Waals surface area contributed by atoms with E-state index < -0.39 is 5.97 Å². The Labute approximate surface area is 230 Å². The number of carbonyl (C=O) groups is 1. The Hall–Kier alpha value is -1.97. The van der Waals surface area contributed by atoms with Gasteiger partial charge in [0, 0.05) is 12.1 Å². The van der Waals surface area contributed by atoms with Crippen LogP contribution in [0.3, 0.4) is 0 Å². The normalized spacial score (nSPS) is 37.1. The molecule has 0 spiro atoms. The first-order chi connectivity index (χ1) is 18.0. The second-order valence-corrected chi connectivity index (χ2v) is 14.3. The highest BCUT2D eigenvalue weighted by Gasteiger charge is 2.59. The van der Waals surface area contributed by atoms with Gasteiger partial charge in [-0.1, -0.05) is 65.5 Å². The van der Waals surface area contributed by atoms with Gasteiger partial charge in [0.2, 0.25) is 0 Å². The van der Waals surface area contributed by atoms with E-state index in [9.17, 15) is 9.90 Å². The van der Waals surface area contributed by atoms with Gasteiger partial charge >= 0.3 is 5.97 Å². The lowest BCUT2D eigenvalue weighted by molar-refractivity contribution is -0.0594. The summed E-state index contributed by atoms with van der Waals surface area (Å²) in [7, 11) is 0. The van der Waals surface area contributed by atoms with Gasteiger partial charge < -0.3 is 15.6 Å². The molecule has 1 aromatic carbocycles. The maximum atomic E-state index is 12.8. The van der Waals surface area contributed by atoms with Crippen molar-refractivity contribution in [1.82, 2.24) is 0 Å². The van der Waals surface area contributed by atoms with Crippen LogP contribution in [0.25, 0.3) is 0 Å². The lowest BCUT2D eigenvalue weighted by Gasteiger charge is -2.58. The van der Waals surface area contributed by atoms with Crippen molar-refractivity contribution in [1.29, 1.82) is 0 Å². The average Bonchev–Trinajstić information content (AvgIpc) is 3.22. The zero-order valence-corrected chi connectivity index (χ0v) is 24.5. The Balaban J connectivity index is 1.26. The highest BCUT2D eigenvalue weighted by Crippen LogP contribution is 2.67. The molecule has 3 N–H and O–H groups in total. The summed E-state index contributed by atoms with van der Waals surface area (Å²) in [6.45, 7) is 12.4. The number of nitrogen functional groups attached to an aromatic ring is 1. The van der Waals surface area contributed by atoms with Crippen molar-refractivity contribution in [3.05, 3.63) is 35.4 Å². The Morgan fingerprint density at radius 1 is 1.08 bits per heavy atom. The molecule has 4 aliphatic carbocycles. The van der Waals surface area contributed by atoms with E-state index in [2.05, 4.69) is 40.7 Å². The number of hydrogen-bond acceptors (Lipinski definition) is 4. The van der Waals surface area contributed by atoms with Crippen LogP contribution in [0, 0.1) is 46.3 Å². The van der Waals surface area contributed by atoms with Crippen LogP contribution in [0.5, 0.6) is 5.75 Å². The first-order valence-corrected chi connectivity index (χ1v) is 15.5. The molecule has 5 rings (SSSR count). The Bertz CT molecular complexity index is 1060. The SMILES string of the molecule is CC(C)CCC[C@@H](C)[C@H]1CCC2C3CC=C4CC(OC(=O)c5cc(N)ccc5O)CC[C@]4(C)C3CC[C@@]21C. The fourth-order valence-electron chi connectivity index (χ4n) is 9.68. The van der Waals surface area contributed by atoms with Crippen molar-refractivity contribution in [2.24, 2.45) is 46.3 Å². The van der Waals surface area contributed by atoms with E-state index >= 15 is 0 Å². The van der Waals surface area contributed by atoms with Gasteiger partial charge in [-0.05, 0) is 109 Å². The quantitative estimate of drug-likeness (QED) is 0.163. The third-order valence-electron chi connectivity index (χ3n) is 11.8. The van der Waals surface area contributed by atoms with Crippen molar-refractivity contribution < 1.29 is 14.6 Å². The fourth-order valence-corrected chi connectivity index (χ4v) is 9.68. The number of rotatable bonds is 7. The molecule has 1 aromatic rings. The number of nitrogens with two attached hydrogens (primary N) is 1. The van der Waals surface area contributed by atoms with Crippen LogP contribution in [0.2, 0.25) is 0 Å². The van der Waals surface area contributed by atoms with E-state index in [-0.39, 0.29) is 22.8 Å². The molecular weight excluding hydrogens is 470 g/mol. The van der Waals surface area contributed by atoms with Gasteiger partial charge in [-0.3, -0.25) is 0 Å². The van der Waals surface area contributed by atoms with E-state index in [4.69, 9.17) is 10.5 Å². The van der Waals surface area contributed by atoms with Gasteiger partial charge in [0.1, 0.15) is 17.4 Å². The molecule has 8 atom stereocenters. The lowest BCUT2D eigenvalue weighted by atomic mass is 9.47. The zero-order valence-electron chi connectivity index (χ0n) is 24.5. The predicted molar refractivity (Wildman–Crippen MR) is 155 cm³/mol. The molecule has 0 bridgehead atoms. The summed E-state index contributed by atoms with van der Waals surface area (Å²) in [6, 6.07) is 4.56.